The highest BCUT2D eigenvalue weighted by Crippen LogP contribution is 2.06. The first-order chi connectivity index (χ1) is 8.13. The largest absolute Gasteiger partial charge is 0.326 e. The minimum Gasteiger partial charge on any atom is -0.326 e. The predicted octanol–water partition coefficient (Wildman–Crippen LogP) is 2.24. The van der Waals surface area contributed by atoms with Crippen molar-refractivity contribution in [3.8, 4) is 0 Å². The van der Waals surface area contributed by atoms with Gasteiger partial charge in [0.2, 0.25) is 0 Å². The SMILES string of the molecule is CSCC(C)N(C)CC(N)Cc1ccccc1. The summed E-state index contributed by atoms with van der Waals surface area (Å²) < 4.78 is 0. The third-order valence-corrected chi connectivity index (χ3v) is 3.84. The van der Waals surface area contributed by atoms with Gasteiger partial charge < -0.3 is 10.6 Å². The summed E-state index contributed by atoms with van der Waals surface area (Å²) in [6, 6.07) is 11.3. The van der Waals surface area contributed by atoms with Gasteiger partial charge in [0.15, 0.2) is 0 Å². The van der Waals surface area contributed by atoms with Crippen LogP contribution in [0.2, 0.25) is 0 Å². The molecule has 0 saturated heterocycles. The number of hydrogen-bond donors (Lipinski definition) is 1. The van der Waals surface area contributed by atoms with Gasteiger partial charge in [0.05, 0.1) is 0 Å². The molecule has 96 valence electrons. The summed E-state index contributed by atoms with van der Waals surface area (Å²) in [6.07, 6.45) is 3.10. The molecular formula is C14H24N2S. The Hall–Kier alpha value is -0.510. The fraction of sp³-hybridized carbons (Fsp3) is 0.571. The Bertz CT molecular complexity index is 302. The molecule has 0 bridgehead atoms. The fourth-order valence-corrected chi connectivity index (χ4v) is 2.64. The quantitative estimate of drug-likeness (QED) is 0.807. The van der Waals surface area contributed by atoms with E-state index in [2.05, 4.69) is 49.4 Å². The normalized spacial score (nSPS) is 14.9. The molecule has 3 heteroatoms. The summed E-state index contributed by atoms with van der Waals surface area (Å²) in [7, 11) is 2.16. The van der Waals surface area contributed by atoms with Crippen molar-refractivity contribution in [1.82, 2.24) is 4.90 Å². The van der Waals surface area contributed by atoms with Crippen molar-refractivity contribution in [3.05, 3.63) is 35.9 Å². The molecule has 17 heavy (non-hydrogen) atoms. The second-order valence-corrected chi connectivity index (χ2v) is 5.60. The lowest BCUT2D eigenvalue weighted by Gasteiger charge is -2.27. The fourth-order valence-electron chi connectivity index (χ4n) is 1.90. The van der Waals surface area contributed by atoms with E-state index in [0.29, 0.717) is 6.04 Å². The molecule has 0 fully saturated rings. The Morgan fingerprint density at radius 2 is 1.94 bits per heavy atom. The average molecular weight is 252 g/mol. The van der Waals surface area contributed by atoms with E-state index < -0.39 is 0 Å². The standard InChI is InChI=1S/C14H24N2S/c1-12(11-17-3)16(2)10-14(15)9-13-7-5-4-6-8-13/h4-8,12,14H,9-11,15H2,1-3H3. The molecule has 0 amide bonds. The van der Waals surface area contributed by atoms with Crippen LogP contribution < -0.4 is 5.73 Å². The molecule has 0 saturated carbocycles. The van der Waals surface area contributed by atoms with Crippen LogP contribution in [0.4, 0.5) is 0 Å². The van der Waals surface area contributed by atoms with E-state index in [-0.39, 0.29) is 6.04 Å². The van der Waals surface area contributed by atoms with Gasteiger partial charge in [-0.25, -0.2) is 0 Å². The van der Waals surface area contributed by atoms with Crippen LogP contribution in [0.1, 0.15) is 12.5 Å². The van der Waals surface area contributed by atoms with Gasteiger partial charge in [0.25, 0.3) is 0 Å². The molecule has 2 N–H and O–H groups in total. The monoisotopic (exact) mass is 252 g/mol. The lowest BCUT2D eigenvalue weighted by atomic mass is 10.1. The Kier molecular flexibility index (Phi) is 6.63. The van der Waals surface area contributed by atoms with Gasteiger partial charge in [-0.05, 0) is 32.2 Å². The average Bonchev–Trinajstić information content (AvgIpc) is 2.30. The van der Waals surface area contributed by atoms with Crippen molar-refractivity contribution in [2.75, 3.05) is 25.6 Å². The lowest BCUT2D eigenvalue weighted by molar-refractivity contribution is 0.259. The van der Waals surface area contributed by atoms with Crippen LogP contribution in [0, 0.1) is 0 Å². The van der Waals surface area contributed by atoms with E-state index in [1.54, 1.807) is 0 Å². The van der Waals surface area contributed by atoms with Crippen molar-refractivity contribution in [1.29, 1.82) is 0 Å². The summed E-state index contributed by atoms with van der Waals surface area (Å²) >= 11 is 1.89. The second kappa shape index (κ2) is 7.75. The second-order valence-electron chi connectivity index (χ2n) is 4.69. The Labute approximate surface area is 110 Å². The van der Waals surface area contributed by atoms with E-state index in [0.717, 1.165) is 18.7 Å². The Morgan fingerprint density at radius 3 is 2.53 bits per heavy atom. The number of hydrogen-bond acceptors (Lipinski definition) is 3. The van der Waals surface area contributed by atoms with E-state index in [4.69, 9.17) is 5.73 Å². The third-order valence-electron chi connectivity index (χ3n) is 3.02. The van der Waals surface area contributed by atoms with Crippen LogP contribution in [0.5, 0.6) is 0 Å². The van der Waals surface area contributed by atoms with Crippen LogP contribution in [0.3, 0.4) is 0 Å². The van der Waals surface area contributed by atoms with Crippen LogP contribution in [0.25, 0.3) is 0 Å². The summed E-state index contributed by atoms with van der Waals surface area (Å²) in [5.41, 5.74) is 7.52. The minimum absolute atomic E-state index is 0.215. The van der Waals surface area contributed by atoms with E-state index in [1.807, 2.05) is 17.8 Å². The molecule has 1 rings (SSSR count). The van der Waals surface area contributed by atoms with Crippen molar-refractivity contribution in [2.45, 2.75) is 25.4 Å². The van der Waals surface area contributed by atoms with Gasteiger partial charge >= 0.3 is 0 Å². The molecule has 0 aromatic heterocycles. The maximum Gasteiger partial charge on any atom is 0.0208 e. The van der Waals surface area contributed by atoms with Gasteiger partial charge in [-0.2, -0.15) is 11.8 Å². The minimum atomic E-state index is 0.215. The Morgan fingerprint density at radius 1 is 1.29 bits per heavy atom. The van der Waals surface area contributed by atoms with E-state index >= 15 is 0 Å². The number of rotatable bonds is 7. The van der Waals surface area contributed by atoms with Crippen molar-refractivity contribution < 1.29 is 0 Å². The maximum absolute atomic E-state index is 6.19. The molecule has 0 aliphatic rings. The predicted molar refractivity (Wildman–Crippen MR) is 78.6 cm³/mol. The molecule has 2 unspecified atom stereocenters. The van der Waals surface area contributed by atoms with Crippen LogP contribution >= 0.6 is 11.8 Å². The van der Waals surface area contributed by atoms with Crippen LogP contribution in [-0.2, 0) is 6.42 Å². The highest BCUT2D eigenvalue weighted by atomic mass is 32.2. The summed E-state index contributed by atoms with van der Waals surface area (Å²) in [6.45, 7) is 3.21. The van der Waals surface area contributed by atoms with Crippen molar-refractivity contribution in [3.63, 3.8) is 0 Å². The number of thioether (sulfide) groups is 1. The molecule has 2 atom stereocenters. The molecule has 0 aliphatic heterocycles. The lowest BCUT2D eigenvalue weighted by Crippen LogP contribution is -2.41. The summed E-state index contributed by atoms with van der Waals surface area (Å²) in [4.78, 5) is 2.35. The number of nitrogens with two attached hydrogens (primary N) is 1. The van der Waals surface area contributed by atoms with Gasteiger partial charge in [0.1, 0.15) is 0 Å². The number of benzene rings is 1. The first kappa shape index (κ1) is 14.6. The highest BCUT2D eigenvalue weighted by molar-refractivity contribution is 7.98. The van der Waals surface area contributed by atoms with Gasteiger partial charge in [0, 0.05) is 24.4 Å². The molecule has 1 aromatic carbocycles. The number of likely N-dealkylation sites (N-methyl/N-ethyl adjacent to an activating group) is 1. The molecule has 0 heterocycles. The number of nitrogens with zero attached hydrogens (tertiary/aromatic N) is 1. The van der Waals surface area contributed by atoms with Gasteiger partial charge in [-0.15, -0.1) is 0 Å². The maximum atomic E-state index is 6.19. The zero-order chi connectivity index (χ0) is 12.7. The van der Waals surface area contributed by atoms with Gasteiger partial charge in [-0.3, -0.25) is 0 Å². The highest BCUT2D eigenvalue weighted by Gasteiger charge is 2.12. The van der Waals surface area contributed by atoms with Crippen molar-refractivity contribution >= 4 is 11.8 Å². The van der Waals surface area contributed by atoms with Gasteiger partial charge in [-0.1, -0.05) is 30.3 Å². The zero-order valence-corrected chi connectivity index (χ0v) is 11.9. The molecular weight excluding hydrogens is 228 g/mol. The smallest absolute Gasteiger partial charge is 0.0208 e. The first-order valence-electron chi connectivity index (χ1n) is 6.12. The summed E-state index contributed by atoms with van der Waals surface area (Å²) in [5, 5.41) is 0. The van der Waals surface area contributed by atoms with Crippen LogP contribution in [-0.4, -0.2) is 42.6 Å². The Balaban J connectivity index is 2.36. The third kappa shape index (κ3) is 5.57. The van der Waals surface area contributed by atoms with E-state index in [9.17, 15) is 0 Å². The summed E-state index contributed by atoms with van der Waals surface area (Å²) in [5.74, 6) is 1.16. The van der Waals surface area contributed by atoms with E-state index in [1.165, 1.54) is 5.56 Å². The van der Waals surface area contributed by atoms with Crippen LogP contribution in [0.15, 0.2) is 30.3 Å². The molecule has 0 aliphatic carbocycles. The molecule has 0 radical (unpaired) electrons. The topological polar surface area (TPSA) is 29.3 Å². The zero-order valence-electron chi connectivity index (χ0n) is 11.1. The first-order valence-corrected chi connectivity index (χ1v) is 7.51. The van der Waals surface area contributed by atoms with Crippen molar-refractivity contribution in [2.24, 2.45) is 5.73 Å². The molecule has 2 nitrogen and oxygen atoms in total. The molecule has 0 spiro atoms. The molecule has 1 aromatic rings.